The van der Waals surface area contributed by atoms with Gasteiger partial charge in [-0.15, -0.1) is 0 Å². The number of ether oxygens (including phenoxy) is 1. The van der Waals surface area contributed by atoms with E-state index >= 15 is 0 Å². The average Bonchev–Trinajstić information content (AvgIpc) is 2.38. The van der Waals surface area contributed by atoms with Crippen molar-refractivity contribution in [3.05, 3.63) is 24.3 Å². The predicted octanol–water partition coefficient (Wildman–Crippen LogP) is 1.43. The van der Waals surface area contributed by atoms with Gasteiger partial charge in [0.2, 0.25) is 5.91 Å². The summed E-state index contributed by atoms with van der Waals surface area (Å²) in [5.74, 6) is 0.0713. The zero-order valence-corrected chi connectivity index (χ0v) is 12.0. The Kier molecular flexibility index (Phi) is 5.16. The molecule has 1 heterocycles. The molecule has 0 aromatic heterocycles. The number of rotatable bonds is 7. The Bertz CT molecular complexity index is 495. The van der Waals surface area contributed by atoms with Crippen molar-refractivity contribution in [3.8, 4) is 5.75 Å². The van der Waals surface area contributed by atoms with Crippen LogP contribution in [0, 0.1) is 5.92 Å². The van der Waals surface area contributed by atoms with Crippen molar-refractivity contribution in [2.45, 2.75) is 13.3 Å². The first-order valence-electron chi connectivity index (χ1n) is 7.03. The summed E-state index contributed by atoms with van der Waals surface area (Å²) < 4.78 is 5.33. The van der Waals surface area contributed by atoms with Gasteiger partial charge in [-0.05, 0) is 37.1 Å². The smallest absolute Gasteiger partial charge is 0.303 e. The van der Waals surface area contributed by atoms with Gasteiger partial charge in [-0.3, -0.25) is 14.5 Å². The van der Waals surface area contributed by atoms with Crippen molar-refractivity contribution >= 4 is 17.6 Å². The maximum absolute atomic E-state index is 11.9. The van der Waals surface area contributed by atoms with Gasteiger partial charge in [0.15, 0.2) is 0 Å². The number of nitrogens with zero attached hydrogens (tertiary/aromatic N) is 1. The van der Waals surface area contributed by atoms with E-state index in [0.717, 1.165) is 11.4 Å². The van der Waals surface area contributed by atoms with E-state index in [1.807, 2.05) is 24.0 Å². The van der Waals surface area contributed by atoms with Crippen LogP contribution in [0.25, 0.3) is 0 Å². The first kappa shape index (κ1) is 15.3. The van der Waals surface area contributed by atoms with Crippen molar-refractivity contribution in [2.24, 2.45) is 5.92 Å². The number of amides is 1. The lowest BCUT2D eigenvalue weighted by atomic mass is 9.96. The van der Waals surface area contributed by atoms with Crippen LogP contribution in [0.1, 0.15) is 13.3 Å². The van der Waals surface area contributed by atoms with E-state index in [2.05, 4.69) is 5.32 Å². The Morgan fingerprint density at radius 1 is 1.33 bits per heavy atom. The van der Waals surface area contributed by atoms with Crippen molar-refractivity contribution in [1.82, 2.24) is 4.90 Å². The van der Waals surface area contributed by atoms with Gasteiger partial charge in [-0.25, -0.2) is 0 Å². The lowest BCUT2D eigenvalue weighted by Gasteiger charge is -2.37. The number of hydrogen-bond donors (Lipinski definition) is 2. The van der Waals surface area contributed by atoms with Gasteiger partial charge in [0.25, 0.3) is 0 Å². The average molecular weight is 292 g/mol. The van der Waals surface area contributed by atoms with E-state index in [9.17, 15) is 9.59 Å². The fraction of sp³-hybridized carbons (Fsp3) is 0.467. The number of benzene rings is 1. The van der Waals surface area contributed by atoms with Gasteiger partial charge in [0.05, 0.1) is 19.6 Å². The molecule has 1 fully saturated rings. The Balaban J connectivity index is 1.71. The van der Waals surface area contributed by atoms with Gasteiger partial charge in [-0.2, -0.15) is 0 Å². The number of aliphatic carboxylic acids is 1. The zero-order chi connectivity index (χ0) is 15.2. The number of carbonyl (C=O) groups excluding carboxylic acids is 1. The molecule has 114 valence electrons. The third-order valence-electron chi connectivity index (χ3n) is 3.31. The number of carboxylic acids is 1. The molecule has 1 aliphatic heterocycles. The molecular weight excluding hydrogens is 272 g/mol. The molecule has 0 spiro atoms. The van der Waals surface area contributed by atoms with Crippen molar-refractivity contribution < 1.29 is 19.4 Å². The van der Waals surface area contributed by atoms with Crippen LogP contribution in [-0.2, 0) is 9.59 Å². The summed E-state index contributed by atoms with van der Waals surface area (Å²) in [6, 6.07) is 7.22. The highest BCUT2D eigenvalue weighted by molar-refractivity contribution is 5.92. The third-order valence-corrected chi connectivity index (χ3v) is 3.31. The molecule has 1 saturated heterocycles. The number of hydrogen-bond acceptors (Lipinski definition) is 4. The van der Waals surface area contributed by atoms with E-state index in [1.165, 1.54) is 0 Å². The molecule has 2 rings (SSSR count). The van der Waals surface area contributed by atoms with E-state index in [1.54, 1.807) is 12.1 Å². The number of carbonyl (C=O) groups is 2. The lowest BCUT2D eigenvalue weighted by Crippen LogP contribution is -2.50. The fourth-order valence-electron chi connectivity index (χ4n) is 2.39. The van der Waals surface area contributed by atoms with Crippen LogP contribution in [0.4, 0.5) is 5.69 Å². The molecule has 0 bridgehead atoms. The molecule has 1 aromatic rings. The highest BCUT2D eigenvalue weighted by Crippen LogP contribution is 2.19. The van der Waals surface area contributed by atoms with Crippen LogP contribution in [0.2, 0.25) is 0 Å². The largest absolute Gasteiger partial charge is 0.494 e. The Labute approximate surface area is 123 Å². The van der Waals surface area contributed by atoms with Gasteiger partial charge < -0.3 is 15.2 Å². The number of nitrogens with one attached hydrogen (secondary N) is 1. The Hall–Kier alpha value is -2.08. The first-order valence-corrected chi connectivity index (χ1v) is 7.03. The maximum Gasteiger partial charge on any atom is 0.303 e. The Morgan fingerprint density at radius 3 is 2.57 bits per heavy atom. The summed E-state index contributed by atoms with van der Waals surface area (Å²) in [7, 11) is 0. The molecule has 0 atom stereocenters. The van der Waals surface area contributed by atoms with Gasteiger partial charge >= 0.3 is 5.97 Å². The van der Waals surface area contributed by atoms with Crippen LogP contribution in [0.5, 0.6) is 5.75 Å². The van der Waals surface area contributed by atoms with Crippen LogP contribution >= 0.6 is 0 Å². The fourth-order valence-corrected chi connectivity index (χ4v) is 2.39. The Morgan fingerprint density at radius 2 is 2.00 bits per heavy atom. The first-order chi connectivity index (χ1) is 10.1. The van der Waals surface area contributed by atoms with Crippen LogP contribution < -0.4 is 10.1 Å². The molecule has 6 nitrogen and oxygen atoms in total. The second-order valence-corrected chi connectivity index (χ2v) is 5.16. The van der Waals surface area contributed by atoms with Crippen LogP contribution in [0.15, 0.2) is 24.3 Å². The zero-order valence-electron chi connectivity index (χ0n) is 12.0. The normalized spacial score (nSPS) is 15.3. The highest BCUT2D eigenvalue weighted by atomic mass is 16.5. The van der Waals surface area contributed by atoms with Crippen molar-refractivity contribution in [3.63, 3.8) is 0 Å². The highest BCUT2D eigenvalue weighted by Gasteiger charge is 2.29. The summed E-state index contributed by atoms with van der Waals surface area (Å²) in [4.78, 5) is 24.3. The second-order valence-electron chi connectivity index (χ2n) is 5.16. The summed E-state index contributed by atoms with van der Waals surface area (Å²) in [6.07, 6.45) is 0.178. The molecule has 1 aliphatic rings. The standard InChI is InChI=1S/C15H20N2O4/c1-2-21-13-5-3-12(4-6-13)16-14(18)10-17-8-11(9-17)7-15(19)20/h3-6,11H,2,7-10H2,1H3,(H,16,18)(H,19,20). The molecule has 6 heteroatoms. The molecule has 0 saturated carbocycles. The quantitative estimate of drug-likeness (QED) is 0.795. The minimum absolute atomic E-state index is 0.0899. The number of anilines is 1. The number of likely N-dealkylation sites (tertiary alicyclic amines) is 1. The van der Waals surface area contributed by atoms with Crippen LogP contribution in [0.3, 0.4) is 0 Å². The van der Waals surface area contributed by atoms with E-state index in [0.29, 0.717) is 26.2 Å². The molecule has 0 radical (unpaired) electrons. The summed E-state index contributed by atoms with van der Waals surface area (Å²) >= 11 is 0. The molecule has 1 aromatic carbocycles. The van der Waals surface area contributed by atoms with Gasteiger partial charge in [0.1, 0.15) is 5.75 Å². The second kappa shape index (κ2) is 7.08. The van der Waals surface area contributed by atoms with Crippen molar-refractivity contribution in [2.75, 3.05) is 31.6 Å². The van der Waals surface area contributed by atoms with Gasteiger partial charge in [-0.1, -0.05) is 0 Å². The molecule has 2 N–H and O–H groups in total. The minimum atomic E-state index is -0.779. The van der Waals surface area contributed by atoms with Gasteiger partial charge in [0, 0.05) is 18.8 Å². The molecular formula is C15H20N2O4. The SMILES string of the molecule is CCOc1ccc(NC(=O)CN2CC(CC(=O)O)C2)cc1. The minimum Gasteiger partial charge on any atom is -0.494 e. The summed E-state index contributed by atoms with van der Waals surface area (Å²) in [5.41, 5.74) is 0.728. The third kappa shape index (κ3) is 4.75. The van der Waals surface area contributed by atoms with E-state index in [-0.39, 0.29) is 18.2 Å². The summed E-state index contributed by atoms with van der Waals surface area (Å²) in [5, 5.41) is 11.5. The summed E-state index contributed by atoms with van der Waals surface area (Å²) in [6.45, 7) is 4.16. The van der Waals surface area contributed by atoms with Crippen molar-refractivity contribution in [1.29, 1.82) is 0 Å². The molecule has 0 aliphatic carbocycles. The van der Waals surface area contributed by atoms with E-state index in [4.69, 9.17) is 9.84 Å². The molecule has 0 unspecified atom stereocenters. The molecule has 1 amide bonds. The monoisotopic (exact) mass is 292 g/mol. The topological polar surface area (TPSA) is 78.9 Å². The van der Waals surface area contributed by atoms with Crippen LogP contribution in [-0.4, -0.2) is 48.1 Å². The molecule has 21 heavy (non-hydrogen) atoms. The lowest BCUT2D eigenvalue weighted by molar-refractivity contribution is -0.139. The maximum atomic E-state index is 11.9. The number of carboxylic acid groups (broad SMARTS) is 1. The predicted molar refractivity (Wildman–Crippen MR) is 78.4 cm³/mol. The van der Waals surface area contributed by atoms with E-state index < -0.39 is 5.97 Å².